The van der Waals surface area contributed by atoms with E-state index in [1.54, 1.807) is 20.8 Å². The molecule has 0 amide bonds. The lowest BCUT2D eigenvalue weighted by Crippen LogP contribution is -2.57. The van der Waals surface area contributed by atoms with Crippen molar-refractivity contribution in [1.29, 1.82) is 0 Å². The lowest BCUT2D eigenvalue weighted by Gasteiger charge is -2.39. The van der Waals surface area contributed by atoms with Crippen LogP contribution in [0, 0.1) is 0 Å². The van der Waals surface area contributed by atoms with Gasteiger partial charge in [-0.05, 0) is 20.8 Å². The van der Waals surface area contributed by atoms with E-state index in [0.29, 0.717) is 0 Å². The third kappa shape index (κ3) is 2.43. The molecule has 0 aromatic rings. The van der Waals surface area contributed by atoms with Crippen LogP contribution in [0.3, 0.4) is 0 Å². The minimum Gasteiger partial charge on any atom is -0.388 e. The summed E-state index contributed by atoms with van der Waals surface area (Å²) in [5.41, 5.74) is 0. The van der Waals surface area contributed by atoms with Gasteiger partial charge >= 0.3 is 0 Å². The van der Waals surface area contributed by atoms with Crippen molar-refractivity contribution in [3.63, 3.8) is 0 Å². The zero-order valence-corrected chi connectivity index (χ0v) is 8.62. The van der Waals surface area contributed by atoms with E-state index in [4.69, 9.17) is 9.47 Å². The van der Waals surface area contributed by atoms with Crippen molar-refractivity contribution in [2.75, 3.05) is 0 Å². The standard InChI is InChI=1S/C9H18O5/c1-4(2)13-9-8(12)7(11)6(10)5(3)14-9/h4-12H,1-3H3/t5-,6-,7+,8+,9+/m1/s1. The van der Waals surface area contributed by atoms with E-state index in [9.17, 15) is 15.3 Å². The lowest BCUT2D eigenvalue weighted by atomic mass is 10.00. The van der Waals surface area contributed by atoms with Crippen LogP contribution in [0.2, 0.25) is 0 Å². The summed E-state index contributed by atoms with van der Waals surface area (Å²) in [6.07, 6.45) is -5.02. The van der Waals surface area contributed by atoms with Crippen LogP contribution in [0.25, 0.3) is 0 Å². The molecule has 0 saturated carbocycles. The predicted molar refractivity (Wildman–Crippen MR) is 48.6 cm³/mol. The number of aliphatic hydroxyl groups is 3. The van der Waals surface area contributed by atoms with Crippen molar-refractivity contribution >= 4 is 0 Å². The maximum absolute atomic E-state index is 9.51. The highest BCUT2D eigenvalue weighted by molar-refractivity contribution is 4.87. The van der Waals surface area contributed by atoms with Gasteiger partial charge in [0.2, 0.25) is 0 Å². The summed E-state index contributed by atoms with van der Waals surface area (Å²) in [5.74, 6) is 0. The van der Waals surface area contributed by atoms with E-state index in [0.717, 1.165) is 0 Å². The van der Waals surface area contributed by atoms with Crippen LogP contribution in [-0.4, -0.2) is 52.1 Å². The average Bonchev–Trinajstić information content (AvgIpc) is 2.10. The minimum atomic E-state index is -1.22. The van der Waals surface area contributed by atoms with Gasteiger partial charge in [-0.15, -0.1) is 0 Å². The highest BCUT2D eigenvalue weighted by atomic mass is 16.7. The summed E-state index contributed by atoms with van der Waals surface area (Å²) in [5, 5.41) is 28.3. The van der Waals surface area contributed by atoms with Crippen molar-refractivity contribution in [3.05, 3.63) is 0 Å². The molecule has 5 atom stereocenters. The molecule has 0 bridgehead atoms. The molecule has 0 aliphatic carbocycles. The topological polar surface area (TPSA) is 79.2 Å². The number of ether oxygens (including phenoxy) is 2. The van der Waals surface area contributed by atoms with E-state index in [1.807, 2.05) is 0 Å². The fourth-order valence-corrected chi connectivity index (χ4v) is 1.39. The van der Waals surface area contributed by atoms with Crippen molar-refractivity contribution in [3.8, 4) is 0 Å². The Morgan fingerprint density at radius 2 is 1.64 bits per heavy atom. The molecule has 1 heterocycles. The first kappa shape index (κ1) is 11.9. The van der Waals surface area contributed by atoms with Gasteiger partial charge in [-0.25, -0.2) is 0 Å². The molecule has 5 nitrogen and oxygen atoms in total. The number of hydrogen-bond acceptors (Lipinski definition) is 5. The van der Waals surface area contributed by atoms with E-state index < -0.39 is 30.7 Å². The fourth-order valence-electron chi connectivity index (χ4n) is 1.39. The smallest absolute Gasteiger partial charge is 0.186 e. The predicted octanol–water partition coefficient (Wildman–Crippen LogP) is -0.761. The van der Waals surface area contributed by atoms with E-state index in [1.165, 1.54) is 0 Å². The van der Waals surface area contributed by atoms with Gasteiger partial charge in [0.1, 0.15) is 18.3 Å². The second-order valence-corrected chi connectivity index (χ2v) is 3.87. The van der Waals surface area contributed by atoms with E-state index in [-0.39, 0.29) is 6.10 Å². The summed E-state index contributed by atoms with van der Waals surface area (Å²) in [4.78, 5) is 0. The first-order valence-electron chi connectivity index (χ1n) is 4.78. The van der Waals surface area contributed by atoms with Crippen molar-refractivity contribution in [2.45, 2.75) is 57.6 Å². The van der Waals surface area contributed by atoms with Gasteiger partial charge < -0.3 is 24.8 Å². The van der Waals surface area contributed by atoms with Gasteiger partial charge in [-0.2, -0.15) is 0 Å². The summed E-state index contributed by atoms with van der Waals surface area (Å²) in [7, 11) is 0. The second kappa shape index (κ2) is 4.55. The Morgan fingerprint density at radius 3 is 2.14 bits per heavy atom. The summed E-state index contributed by atoms with van der Waals surface area (Å²) in [6.45, 7) is 5.23. The fraction of sp³-hybridized carbons (Fsp3) is 1.00. The van der Waals surface area contributed by atoms with Crippen molar-refractivity contribution in [1.82, 2.24) is 0 Å². The van der Waals surface area contributed by atoms with Crippen LogP contribution < -0.4 is 0 Å². The number of rotatable bonds is 2. The van der Waals surface area contributed by atoms with Crippen LogP contribution in [0.5, 0.6) is 0 Å². The summed E-state index contributed by atoms with van der Waals surface area (Å²) in [6, 6.07) is 0. The SMILES string of the molecule is CC(C)O[C@H]1O[C@H](C)[C@@H](O)[C@H](O)[C@@H]1O. The first-order chi connectivity index (χ1) is 6.43. The molecule has 0 radical (unpaired) electrons. The lowest BCUT2D eigenvalue weighted by molar-refractivity contribution is -0.301. The monoisotopic (exact) mass is 206 g/mol. The molecule has 14 heavy (non-hydrogen) atoms. The molecular weight excluding hydrogens is 188 g/mol. The van der Waals surface area contributed by atoms with Crippen LogP contribution in [0.15, 0.2) is 0 Å². The Balaban J connectivity index is 2.60. The van der Waals surface area contributed by atoms with Crippen LogP contribution >= 0.6 is 0 Å². The molecule has 1 aliphatic rings. The molecule has 1 saturated heterocycles. The van der Waals surface area contributed by atoms with Crippen LogP contribution in [-0.2, 0) is 9.47 Å². The molecule has 1 rings (SSSR count). The van der Waals surface area contributed by atoms with Crippen LogP contribution in [0.1, 0.15) is 20.8 Å². The molecular formula is C9H18O5. The van der Waals surface area contributed by atoms with Gasteiger partial charge in [0.05, 0.1) is 12.2 Å². The average molecular weight is 206 g/mol. The van der Waals surface area contributed by atoms with Gasteiger partial charge in [0, 0.05) is 0 Å². The van der Waals surface area contributed by atoms with Gasteiger partial charge in [0.25, 0.3) is 0 Å². The second-order valence-electron chi connectivity index (χ2n) is 3.87. The highest BCUT2D eigenvalue weighted by Gasteiger charge is 2.42. The van der Waals surface area contributed by atoms with E-state index >= 15 is 0 Å². The van der Waals surface area contributed by atoms with Crippen LogP contribution in [0.4, 0.5) is 0 Å². The Hall–Kier alpha value is -0.200. The molecule has 1 aliphatic heterocycles. The first-order valence-corrected chi connectivity index (χ1v) is 4.78. The number of aliphatic hydroxyl groups excluding tert-OH is 3. The summed E-state index contributed by atoms with van der Waals surface area (Å²) < 4.78 is 10.5. The Kier molecular flexibility index (Phi) is 3.86. The van der Waals surface area contributed by atoms with Gasteiger partial charge in [-0.1, -0.05) is 0 Å². The maximum Gasteiger partial charge on any atom is 0.186 e. The Morgan fingerprint density at radius 1 is 1.07 bits per heavy atom. The molecule has 5 heteroatoms. The molecule has 0 aromatic carbocycles. The quantitative estimate of drug-likeness (QED) is 0.553. The molecule has 84 valence electrons. The molecule has 1 fully saturated rings. The van der Waals surface area contributed by atoms with Crippen molar-refractivity contribution < 1.29 is 24.8 Å². The zero-order chi connectivity index (χ0) is 10.9. The molecule has 0 unspecified atom stereocenters. The molecule has 3 N–H and O–H groups in total. The summed E-state index contributed by atoms with van der Waals surface area (Å²) >= 11 is 0. The third-order valence-corrected chi connectivity index (χ3v) is 2.21. The highest BCUT2D eigenvalue weighted by Crippen LogP contribution is 2.22. The zero-order valence-electron chi connectivity index (χ0n) is 8.62. The van der Waals surface area contributed by atoms with Gasteiger partial charge in [0.15, 0.2) is 6.29 Å². The molecule has 0 spiro atoms. The van der Waals surface area contributed by atoms with Crippen molar-refractivity contribution in [2.24, 2.45) is 0 Å². The minimum absolute atomic E-state index is 0.107. The van der Waals surface area contributed by atoms with E-state index in [2.05, 4.69) is 0 Å². The maximum atomic E-state index is 9.51. The number of hydrogen-bond donors (Lipinski definition) is 3. The third-order valence-electron chi connectivity index (χ3n) is 2.21. The van der Waals surface area contributed by atoms with Gasteiger partial charge in [-0.3, -0.25) is 0 Å². The Bertz CT molecular complexity index is 184. The normalized spacial score (nSPS) is 44.4. The largest absolute Gasteiger partial charge is 0.388 e. The Labute approximate surface area is 83.3 Å². The molecule has 0 aromatic heterocycles.